The molecule has 8 heteroatoms. The van der Waals surface area contributed by atoms with Gasteiger partial charge in [-0.3, -0.25) is 0 Å². The number of nitrogens with one attached hydrogen (secondary N) is 1. The number of hydrogen-bond donors (Lipinski definition) is 1. The predicted molar refractivity (Wildman–Crippen MR) is 114 cm³/mol. The molecule has 0 aromatic heterocycles. The number of carbonyl (C=O) groups is 1. The summed E-state index contributed by atoms with van der Waals surface area (Å²) < 4.78 is 16.6. The van der Waals surface area contributed by atoms with E-state index in [2.05, 4.69) is 33.1 Å². The molecule has 2 aromatic carbocycles. The molecule has 0 saturated heterocycles. The van der Waals surface area contributed by atoms with Crippen LogP contribution in [0, 0.1) is 3.57 Å². The molecule has 27 heavy (non-hydrogen) atoms. The lowest BCUT2D eigenvalue weighted by Gasteiger charge is -2.13. The SMILES string of the molecule is CCOC(=O)COc1c(I)cc(/C=N\NCc2ccccc2Cl)cc1OC. The van der Waals surface area contributed by atoms with E-state index in [0.717, 1.165) is 14.7 Å². The van der Waals surface area contributed by atoms with E-state index in [-0.39, 0.29) is 6.61 Å². The number of nitrogens with zero attached hydrogens (tertiary/aromatic N) is 1. The van der Waals surface area contributed by atoms with Gasteiger partial charge in [-0.1, -0.05) is 29.8 Å². The van der Waals surface area contributed by atoms with E-state index in [1.54, 1.807) is 26.3 Å². The molecule has 1 N–H and O–H groups in total. The number of methoxy groups -OCH3 is 1. The molecule has 0 spiro atoms. The van der Waals surface area contributed by atoms with Gasteiger partial charge in [-0.05, 0) is 58.8 Å². The summed E-state index contributed by atoms with van der Waals surface area (Å²) in [6.07, 6.45) is 1.68. The van der Waals surface area contributed by atoms with Crippen molar-refractivity contribution in [1.29, 1.82) is 0 Å². The molecule has 144 valence electrons. The van der Waals surface area contributed by atoms with Gasteiger partial charge in [-0.25, -0.2) is 4.79 Å². The van der Waals surface area contributed by atoms with Crippen molar-refractivity contribution in [1.82, 2.24) is 5.43 Å². The Balaban J connectivity index is 2.02. The molecule has 0 heterocycles. The molecule has 0 amide bonds. The summed E-state index contributed by atoms with van der Waals surface area (Å²) in [6.45, 7) is 2.40. The summed E-state index contributed by atoms with van der Waals surface area (Å²) in [5.74, 6) is 0.579. The van der Waals surface area contributed by atoms with Crippen molar-refractivity contribution >= 4 is 46.4 Å². The molecule has 0 aliphatic rings. The lowest BCUT2D eigenvalue weighted by molar-refractivity contribution is -0.145. The molecule has 2 rings (SSSR count). The fraction of sp³-hybridized carbons (Fsp3) is 0.263. The van der Waals surface area contributed by atoms with Gasteiger partial charge in [0.25, 0.3) is 0 Å². The van der Waals surface area contributed by atoms with Crippen LogP contribution in [0.15, 0.2) is 41.5 Å². The van der Waals surface area contributed by atoms with Gasteiger partial charge in [0, 0.05) is 5.02 Å². The molecular formula is C19H20ClIN2O4. The predicted octanol–water partition coefficient (Wildman–Crippen LogP) is 4.02. The summed E-state index contributed by atoms with van der Waals surface area (Å²) >= 11 is 8.23. The number of esters is 1. The maximum atomic E-state index is 11.5. The van der Waals surface area contributed by atoms with Crippen molar-refractivity contribution in [2.24, 2.45) is 5.10 Å². The quantitative estimate of drug-likeness (QED) is 0.243. The fourth-order valence-electron chi connectivity index (χ4n) is 2.18. The molecule has 0 radical (unpaired) electrons. The normalized spacial score (nSPS) is 10.7. The minimum Gasteiger partial charge on any atom is -0.493 e. The Kier molecular flexibility index (Phi) is 8.66. The average molecular weight is 503 g/mol. The zero-order valence-corrected chi connectivity index (χ0v) is 17.9. The van der Waals surface area contributed by atoms with Crippen LogP contribution in [-0.4, -0.2) is 32.5 Å². The minimum atomic E-state index is -0.426. The summed E-state index contributed by atoms with van der Waals surface area (Å²) in [6, 6.07) is 11.2. The molecule has 0 aliphatic heterocycles. The Morgan fingerprint density at radius 2 is 2.11 bits per heavy atom. The third kappa shape index (κ3) is 6.59. The van der Waals surface area contributed by atoms with Crippen LogP contribution in [0.4, 0.5) is 0 Å². The van der Waals surface area contributed by atoms with Crippen LogP contribution in [0.25, 0.3) is 0 Å². The van der Waals surface area contributed by atoms with Crippen molar-refractivity contribution in [3.05, 3.63) is 56.1 Å². The van der Waals surface area contributed by atoms with Gasteiger partial charge in [0.1, 0.15) is 0 Å². The molecule has 2 aromatic rings. The molecular weight excluding hydrogens is 483 g/mol. The lowest BCUT2D eigenvalue weighted by atomic mass is 10.2. The van der Waals surface area contributed by atoms with Crippen molar-refractivity contribution in [3.63, 3.8) is 0 Å². The summed E-state index contributed by atoms with van der Waals surface area (Å²) in [5.41, 5.74) is 4.76. The number of hydrogen-bond acceptors (Lipinski definition) is 6. The second-order valence-corrected chi connectivity index (χ2v) is 6.88. The van der Waals surface area contributed by atoms with E-state index in [0.29, 0.717) is 29.7 Å². The first-order valence-electron chi connectivity index (χ1n) is 8.20. The topological polar surface area (TPSA) is 69.2 Å². The van der Waals surface area contributed by atoms with Crippen LogP contribution in [0.3, 0.4) is 0 Å². The van der Waals surface area contributed by atoms with Crippen molar-refractivity contribution in [2.75, 3.05) is 20.3 Å². The number of ether oxygens (including phenoxy) is 3. The lowest BCUT2D eigenvalue weighted by Crippen LogP contribution is -2.15. The highest BCUT2D eigenvalue weighted by molar-refractivity contribution is 14.1. The van der Waals surface area contributed by atoms with Gasteiger partial charge in [0.15, 0.2) is 18.1 Å². The monoisotopic (exact) mass is 502 g/mol. The Morgan fingerprint density at radius 1 is 1.33 bits per heavy atom. The van der Waals surface area contributed by atoms with Crippen molar-refractivity contribution in [3.8, 4) is 11.5 Å². The summed E-state index contributed by atoms with van der Waals surface area (Å²) in [4.78, 5) is 11.5. The van der Waals surface area contributed by atoms with Crippen LogP contribution in [0.1, 0.15) is 18.1 Å². The molecule has 0 aliphatic carbocycles. The van der Waals surface area contributed by atoms with Crippen LogP contribution in [-0.2, 0) is 16.1 Å². The first-order valence-corrected chi connectivity index (χ1v) is 9.66. The maximum absolute atomic E-state index is 11.5. The summed E-state index contributed by atoms with van der Waals surface area (Å²) in [5, 5.41) is 4.91. The molecule has 6 nitrogen and oxygen atoms in total. The molecule has 0 unspecified atom stereocenters. The van der Waals surface area contributed by atoms with E-state index in [4.69, 9.17) is 25.8 Å². The number of benzene rings is 2. The maximum Gasteiger partial charge on any atom is 0.344 e. The van der Waals surface area contributed by atoms with Gasteiger partial charge in [-0.2, -0.15) is 5.10 Å². The number of hydrazone groups is 1. The van der Waals surface area contributed by atoms with Gasteiger partial charge in [-0.15, -0.1) is 0 Å². The van der Waals surface area contributed by atoms with E-state index < -0.39 is 5.97 Å². The van der Waals surface area contributed by atoms with Crippen molar-refractivity contribution in [2.45, 2.75) is 13.5 Å². The third-order valence-corrected chi connectivity index (χ3v) is 4.59. The largest absolute Gasteiger partial charge is 0.493 e. The second kappa shape index (κ2) is 11.0. The Morgan fingerprint density at radius 3 is 2.81 bits per heavy atom. The van der Waals surface area contributed by atoms with E-state index in [9.17, 15) is 4.79 Å². The Hall–Kier alpha value is -2.00. The molecule has 0 saturated carbocycles. The Bertz CT molecular complexity index is 814. The van der Waals surface area contributed by atoms with Gasteiger partial charge in [0.2, 0.25) is 0 Å². The van der Waals surface area contributed by atoms with Gasteiger partial charge >= 0.3 is 5.97 Å². The smallest absolute Gasteiger partial charge is 0.344 e. The minimum absolute atomic E-state index is 0.174. The van der Waals surface area contributed by atoms with Crippen LogP contribution in [0.2, 0.25) is 5.02 Å². The highest BCUT2D eigenvalue weighted by atomic mass is 127. The first kappa shape index (κ1) is 21.3. The molecule has 0 atom stereocenters. The van der Waals surface area contributed by atoms with Gasteiger partial charge in [0.05, 0.1) is 30.0 Å². The third-order valence-electron chi connectivity index (χ3n) is 3.42. The number of halogens is 2. The first-order chi connectivity index (χ1) is 13.0. The van der Waals surface area contributed by atoms with Crippen LogP contribution < -0.4 is 14.9 Å². The van der Waals surface area contributed by atoms with E-state index in [1.165, 1.54) is 0 Å². The zero-order valence-electron chi connectivity index (χ0n) is 15.0. The van der Waals surface area contributed by atoms with E-state index in [1.807, 2.05) is 30.3 Å². The van der Waals surface area contributed by atoms with E-state index >= 15 is 0 Å². The zero-order chi connectivity index (χ0) is 19.6. The Labute approximate surface area is 177 Å². The van der Waals surface area contributed by atoms with Crippen LogP contribution >= 0.6 is 34.2 Å². The second-order valence-electron chi connectivity index (χ2n) is 5.31. The number of rotatable bonds is 9. The molecule has 0 bridgehead atoms. The highest BCUT2D eigenvalue weighted by Crippen LogP contribution is 2.33. The fourth-order valence-corrected chi connectivity index (χ4v) is 3.16. The van der Waals surface area contributed by atoms with Crippen molar-refractivity contribution < 1.29 is 19.0 Å². The molecule has 0 fully saturated rings. The highest BCUT2D eigenvalue weighted by Gasteiger charge is 2.13. The summed E-state index contributed by atoms with van der Waals surface area (Å²) in [7, 11) is 1.54. The standard InChI is InChI=1S/C19H20ClIN2O4/c1-3-26-18(24)12-27-19-16(21)8-13(9-17(19)25-2)10-22-23-11-14-6-4-5-7-15(14)20/h4-10,23H,3,11-12H2,1-2H3/b22-10-. The number of carbonyl (C=O) groups excluding carboxylic acids is 1. The van der Waals surface area contributed by atoms with Crippen LogP contribution in [0.5, 0.6) is 11.5 Å². The average Bonchev–Trinajstić information content (AvgIpc) is 2.65. The van der Waals surface area contributed by atoms with Gasteiger partial charge < -0.3 is 19.6 Å².